The molecule has 0 aliphatic carbocycles. The molecule has 1 heterocycles. The Morgan fingerprint density at radius 2 is 1.94 bits per heavy atom. The SMILES string of the molecule is COc1c(Cl)ncnc1N(C)CCCN(C)C. The first kappa shape index (κ1) is 14.0. The van der Waals surface area contributed by atoms with Crippen LogP contribution >= 0.6 is 11.6 Å². The zero-order valence-corrected chi connectivity index (χ0v) is 11.5. The molecule has 0 aromatic carbocycles. The van der Waals surface area contributed by atoms with Crippen molar-refractivity contribution < 1.29 is 4.74 Å². The van der Waals surface area contributed by atoms with Crippen LogP contribution in [0.2, 0.25) is 5.15 Å². The minimum Gasteiger partial charge on any atom is -0.490 e. The van der Waals surface area contributed by atoms with Crippen molar-refractivity contribution in [2.24, 2.45) is 0 Å². The van der Waals surface area contributed by atoms with Gasteiger partial charge >= 0.3 is 0 Å². The van der Waals surface area contributed by atoms with Crippen molar-refractivity contribution >= 4 is 17.4 Å². The third-order valence-electron chi connectivity index (χ3n) is 2.41. The van der Waals surface area contributed by atoms with Crippen LogP contribution in [-0.2, 0) is 0 Å². The first-order chi connectivity index (χ1) is 8.06. The Kier molecular flexibility index (Phi) is 5.44. The lowest BCUT2D eigenvalue weighted by Gasteiger charge is -2.21. The lowest BCUT2D eigenvalue weighted by atomic mass is 10.3. The van der Waals surface area contributed by atoms with Gasteiger partial charge in [0.15, 0.2) is 16.7 Å². The summed E-state index contributed by atoms with van der Waals surface area (Å²) in [5.41, 5.74) is 0. The Morgan fingerprint density at radius 3 is 2.53 bits per heavy atom. The molecule has 6 heteroatoms. The van der Waals surface area contributed by atoms with Crippen molar-refractivity contribution in [3.63, 3.8) is 0 Å². The van der Waals surface area contributed by atoms with Crippen LogP contribution in [0.25, 0.3) is 0 Å². The summed E-state index contributed by atoms with van der Waals surface area (Å²) in [5.74, 6) is 1.26. The van der Waals surface area contributed by atoms with Gasteiger partial charge in [0.25, 0.3) is 0 Å². The van der Waals surface area contributed by atoms with E-state index in [1.807, 2.05) is 11.9 Å². The number of halogens is 1. The predicted octanol–water partition coefficient (Wildman–Crippen LogP) is 1.53. The molecule has 0 spiro atoms. The van der Waals surface area contributed by atoms with E-state index in [1.54, 1.807) is 7.11 Å². The van der Waals surface area contributed by atoms with Crippen LogP contribution in [0.3, 0.4) is 0 Å². The van der Waals surface area contributed by atoms with E-state index in [2.05, 4.69) is 29.0 Å². The molecular formula is C11H19ClN4O. The van der Waals surface area contributed by atoms with E-state index in [4.69, 9.17) is 16.3 Å². The third kappa shape index (κ3) is 4.02. The molecule has 0 saturated carbocycles. The van der Waals surface area contributed by atoms with Crippen molar-refractivity contribution in [3.8, 4) is 5.75 Å². The summed E-state index contributed by atoms with van der Waals surface area (Å²) in [7, 11) is 7.66. The summed E-state index contributed by atoms with van der Waals surface area (Å²) >= 11 is 5.95. The Bertz CT molecular complexity index is 359. The molecule has 0 unspecified atom stereocenters. The second-order valence-electron chi connectivity index (χ2n) is 4.10. The molecule has 1 rings (SSSR count). The number of anilines is 1. The molecule has 0 aliphatic heterocycles. The number of methoxy groups -OCH3 is 1. The lowest BCUT2D eigenvalue weighted by molar-refractivity contribution is 0.398. The normalized spacial score (nSPS) is 10.7. The van der Waals surface area contributed by atoms with Crippen molar-refractivity contribution in [2.45, 2.75) is 6.42 Å². The van der Waals surface area contributed by atoms with E-state index in [9.17, 15) is 0 Å². The molecule has 0 saturated heterocycles. The van der Waals surface area contributed by atoms with Gasteiger partial charge in [0, 0.05) is 13.6 Å². The molecule has 96 valence electrons. The molecule has 0 atom stereocenters. The van der Waals surface area contributed by atoms with Gasteiger partial charge in [-0.2, -0.15) is 0 Å². The van der Waals surface area contributed by atoms with Gasteiger partial charge in [0.1, 0.15) is 6.33 Å². The topological polar surface area (TPSA) is 41.5 Å². The van der Waals surface area contributed by atoms with Gasteiger partial charge in [0.05, 0.1) is 7.11 Å². The molecule has 0 radical (unpaired) electrons. The zero-order chi connectivity index (χ0) is 12.8. The summed E-state index contributed by atoms with van der Waals surface area (Å²) in [6.07, 6.45) is 2.50. The molecule has 5 nitrogen and oxygen atoms in total. The Morgan fingerprint density at radius 1 is 1.24 bits per heavy atom. The van der Waals surface area contributed by atoms with Gasteiger partial charge in [-0.25, -0.2) is 9.97 Å². The van der Waals surface area contributed by atoms with E-state index in [1.165, 1.54) is 6.33 Å². The molecule has 0 N–H and O–H groups in total. The largest absolute Gasteiger partial charge is 0.490 e. The summed E-state index contributed by atoms with van der Waals surface area (Å²) in [4.78, 5) is 12.3. The molecule has 1 aromatic heterocycles. The Labute approximate surface area is 107 Å². The van der Waals surface area contributed by atoms with E-state index in [0.29, 0.717) is 10.9 Å². The molecule has 0 fully saturated rings. The van der Waals surface area contributed by atoms with Gasteiger partial charge < -0.3 is 14.5 Å². The predicted molar refractivity (Wildman–Crippen MR) is 70.0 cm³/mol. The molecular weight excluding hydrogens is 240 g/mol. The van der Waals surface area contributed by atoms with Crippen LogP contribution in [0.5, 0.6) is 5.75 Å². The van der Waals surface area contributed by atoms with Crippen LogP contribution in [0.1, 0.15) is 6.42 Å². The lowest BCUT2D eigenvalue weighted by Crippen LogP contribution is -2.24. The minimum absolute atomic E-state index is 0.344. The fraction of sp³-hybridized carbons (Fsp3) is 0.636. The quantitative estimate of drug-likeness (QED) is 0.724. The highest BCUT2D eigenvalue weighted by Crippen LogP contribution is 2.30. The second-order valence-corrected chi connectivity index (χ2v) is 4.46. The van der Waals surface area contributed by atoms with Crippen LogP contribution in [0, 0.1) is 0 Å². The van der Waals surface area contributed by atoms with Gasteiger partial charge in [0.2, 0.25) is 0 Å². The van der Waals surface area contributed by atoms with Crippen molar-refractivity contribution in [2.75, 3.05) is 46.2 Å². The van der Waals surface area contributed by atoms with Gasteiger partial charge in [-0.1, -0.05) is 11.6 Å². The van der Waals surface area contributed by atoms with Gasteiger partial charge in [-0.05, 0) is 27.1 Å². The van der Waals surface area contributed by atoms with Crippen LogP contribution in [-0.4, -0.2) is 56.2 Å². The number of ether oxygens (including phenoxy) is 1. The number of nitrogens with zero attached hydrogens (tertiary/aromatic N) is 4. The fourth-order valence-corrected chi connectivity index (χ4v) is 1.73. The van der Waals surface area contributed by atoms with Crippen molar-refractivity contribution in [1.82, 2.24) is 14.9 Å². The number of aromatic nitrogens is 2. The number of hydrogen-bond donors (Lipinski definition) is 0. The summed E-state index contributed by atoms with van der Waals surface area (Å²) in [5, 5.41) is 0.344. The maximum Gasteiger partial charge on any atom is 0.199 e. The Hall–Kier alpha value is -1.07. The highest BCUT2D eigenvalue weighted by molar-refractivity contribution is 6.31. The number of rotatable bonds is 6. The summed E-state index contributed by atoms with van der Waals surface area (Å²) in [6, 6.07) is 0. The smallest absolute Gasteiger partial charge is 0.199 e. The highest BCUT2D eigenvalue weighted by atomic mass is 35.5. The highest BCUT2D eigenvalue weighted by Gasteiger charge is 2.13. The van der Waals surface area contributed by atoms with E-state index in [-0.39, 0.29) is 0 Å². The molecule has 1 aromatic rings. The second kappa shape index (κ2) is 6.61. The average Bonchev–Trinajstić information content (AvgIpc) is 2.28. The molecule has 17 heavy (non-hydrogen) atoms. The van der Waals surface area contributed by atoms with Gasteiger partial charge in [-0.15, -0.1) is 0 Å². The van der Waals surface area contributed by atoms with Crippen LogP contribution in [0.15, 0.2) is 6.33 Å². The third-order valence-corrected chi connectivity index (χ3v) is 2.68. The molecule has 0 bridgehead atoms. The van der Waals surface area contributed by atoms with E-state index in [0.717, 1.165) is 25.3 Å². The van der Waals surface area contributed by atoms with E-state index < -0.39 is 0 Å². The monoisotopic (exact) mass is 258 g/mol. The van der Waals surface area contributed by atoms with Gasteiger partial charge in [-0.3, -0.25) is 0 Å². The first-order valence-corrected chi connectivity index (χ1v) is 5.84. The zero-order valence-electron chi connectivity index (χ0n) is 10.8. The number of hydrogen-bond acceptors (Lipinski definition) is 5. The molecule has 0 aliphatic rings. The van der Waals surface area contributed by atoms with Crippen molar-refractivity contribution in [3.05, 3.63) is 11.5 Å². The first-order valence-electron chi connectivity index (χ1n) is 5.46. The summed E-state index contributed by atoms with van der Waals surface area (Å²) in [6.45, 7) is 1.92. The average molecular weight is 259 g/mol. The maximum atomic E-state index is 5.95. The van der Waals surface area contributed by atoms with Crippen molar-refractivity contribution in [1.29, 1.82) is 0 Å². The molecule has 0 amide bonds. The van der Waals surface area contributed by atoms with Crippen LogP contribution < -0.4 is 9.64 Å². The fourth-order valence-electron chi connectivity index (χ4n) is 1.52. The Balaban J connectivity index is 2.68. The standard InChI is InChI=1S/C11H19ClN4O/c1-15(2)6-5-7-16(3)11-9(17-4)10(12)13-8-14-11/h8H,5-7H2,1-4H3. The maximum absolute atomic E-state index is 5.95. The van der Waals surface area contributed by atoms with E-state index >= 15 is 0 Å². The summed E-state index contributed by atoms with van der Waals surface area (Å²) < 4.78 is 5.22. The minimum atomic E-state index is 0.344. The van der Waals surface area contributed by atoms with Crippen LogP contribution in [0.4, 0.5) is 5.82 Å².